The zero-order chi connectivity index (χ0) is 28.0. The lowest BCUT2D eigenvalue weighted by atomic mass is 9.86. The van der Waals surface area contributed by atoms with Crippen molar-refractivity contribution in [2.75, 3.05) is 13.7 Å². The van der Waals surface area contributed by atoms with E-state index in [0.717, 1.165) is 44.1 Å². The van der Waals surface area contributed by atoms with E-state index < -0.39 is 24.3 Å². The summed E-state index contributed by atoms with van der Waals surface area (Å²) in [6.45, 7) is 0.182. The minimum Gasteiger partial charge on any atom is -0.467 e. The minimum atomic E-state index is -4.75. The van der Waals surface area contributed by atoms with Crippen molar-refractivity contribution in [3.63, 3.8) is 0 Å². The van der Waals surface area contributed by atoms with Crippen molar-refractivity contribution in [2.45, 2.75) is 57.0 Å². The van der Waals surface area contributed by atoms with Gasteiger partial charge in [0.15, 0.2) is 6.10 Å². The Labute approximate surface area is 223 Å². The monoisotopic (exact) mass is 545 g/mol. The number of esters is 1. The van der Waals surface area contributed by atoms with Crippen molar-refractivity contribution in [1.82, 2.24) is 15.1 Å². The van der Waals surface area contributed by atoms with Gasteiger partial charge in [0, 0.05) is 22.7 Å². The van der Waals surface area contributed by atoms with E-state index in [0.29, 0.717) is 29.3 Å². The van der Waals surface area contributed by atoms with Gasteiger partial charge in [0.2, 0.25) is 0 Å². The van der Waals surface area contributed by atoms with Crippen molar-refractivity contribution in [3.8, 4) is 17.0 Å². The number of amides is 1. The van der Waals surface area contributed by atoms with Crippen LogP contribution in [0.5, 0.6) is 5.75 Å². The van der Waals surface area contributed by atoms with Crippen LogP contribution in [0.1, 0.15) is 59.6 Å². The maximum absolute atomic E-state index is 12.5. The Kier molecular flexibility index (Phi) is 8.90. The second-order valence-corrected chi connectivity index (χ2v) is 9.47. The van der Waals surface area contributed by atoms with Crippen LogP contribution in [0.4, 0.5) is 13.2 Å². The molecule has 1 atom stereocenters. The number of aliphatic hydroxyl groups excluding tert-OH is 1. The number of hydrogen-bond acceptors (Lipinski definition) is 6. The first-order valence-corrected chi connectivity index (χ1v) is 12.7. The molecule has 0 saturated heterocycles. The van der Waals surface area contributed by atoms with Crippen molar-refractivity contribution in [1.29, 1.82) is 0 Å². The molecule has 8 nitrogen and oxygen atoms in total. The molecule has 1 saturated carbocycles. The molecular formula is C28H30F3N3O5. The van der Waals surface area contributed by atoms with Crippen LogP contribution >= 0.6 is 0 Å². The van der Waals surface area contributed by atoms with Crippen LogP contribution in [-0.4, -0.2) is 52.9 Å². The number of nitrogens with zero attached hydrogens (tertiary/aromatic N) is 2. The van der Waals surface area contributed by atoms with Gasteiger partial charge in [-0.1, -0.05) is 31.4 Å². The molecular weight excluding hydrogens is 515 g/mol. The topological polar surface area (TPSA) is 103 Å². The maximum atomic E-state index is 12.5. The smallest absolute Gasteiger partial charge is 0.467 e. The summed E-state index contributed by atoms with van der Waals surface area (Å²) < 4.78 is 47.9. The van der Waals surface area contributed by atoms with Crippen LogP contribution in [0.25, 0.3) is 11.3 Å². The lowest BCUT2D eigenvalue weighted by Crippen LogP contribution is -2.37. The summed E-state index contributed by atoms with van der Waals surface area (Å²) in [5, 5.41) is 16.9. The lowest BCUT2D eigenvalue weighted by molar-refractivity contribution is -0.274. The Bertz CT molecular complexity index is 1270. The van der Waals surface area contributed by atoms with E-state index >= 15 is 0 Å². The Morgan fingerprint density at radius 1 is 1.08 bits per heavy atom. The third-order valence-corrected chi connectivity index (χ3v) is 6.70. The summed E-state index contributed by atoms with van der Waals surface area (Å²) in [6, 6.07) is 14.6. The van der Waals surface area contributed by atoms with E-state index in [2.05, 4.69) is 14.8 Å². The van der Waals surface area contributed by atoms with Crippen LogP contribution in [0.15, 0.2) is 54.6 Å². The molecule has 0 radical (unpaired) electrons. The molecule has 11 heteroatoms. The van der Waals surface area contributed by atoms with E-state index in [9.17, 15) is 27.9 Å². The highest BCUT2D eigenvalue weighted by Gasteiger charge is 2.31. The highest BCUT2D eigenvalue weighted by atomic mass is 19.4. The van der Waals surface area contributed by atoms with Crippen LogP contribution in [-0.2, 0) is 16.1 Å². The van der Waals surface area contributed by atoms with Gasteiger partial charge in [-0.15, -0.1) is 13.2 Å². The Balaban J connectivity index is 1.50. The number of hydrogen-bond donors (Lipinski definition) is 2. The average Bonchev–Trinajstić information content (AvgIpc) is 3.35. The van der Waals surface area contributed by atoms with Crippen molar-refractivity contribution >= 4 is 11.9 Å². The fraction of sp³-hybridized carbons (Fsp3) is 0.393. The summed E-state index contributed by atoms with van der Waals surface area (Å²) in [7, 11) is 1.15. The fourth-order valence-corrected chi connectivity index (χ4v) is 4.70. The van der Waals surface area contributed by atoms with Gasteiger partial charge in [-0.25, -0.2) is 4.79 Å². The van der Waals surface area contributed by atoms with E-state index in [4.69, 9.17) is 5.10 Å². The molecule has 3 aromatic rings. The van der Waals surface area contributed by atoms with Crippen molar-refractivity contribution in [2.24, 2.45) is 0 Å². The average molecular weight is 546 g/mol. The van der Waals surface area contributed by atoms with Gasteiger partial charge in [-0.05, 0) is 60.9 Å². The molecule has 0 aliphatic heterocycles. The van der Waals surface area contributed by atoms with Gasteiger partial charge in [0.05, 0.1) is 25.9 Å². The van der Waals surface area contributed by atoms with Gasteiger partial charge in [0.1, 0.15) is 5.75 Å². The standard InChI is InChI=1S/C28H30F3N3O5/c1-38-27(37)25(35)16-32-26(36)21-9-7-18(8-10-21)17-34-24(20-5-3-2-4-6-20)15-23(33-34)19-11-13-22(14-12-19)39-28(29,30)31/h7-15,20,25,35H,2-6,16-17H2,1H3,(H,32,36)/t25-/m0/s1. The number of carbonyl (C=O) groups excluding carboxylic acids is 2. The molecule has 208 valence electrons. The molecule has 2 N–H and O–H groups in total. The molecule has 4 rings (SSSR count). The predicted molar refractivity (Wildman–Crippen MR) is 136 cm³/mol. The quantitative estimate of drug-likeness (QED) is 0.374. The molecule has 1 amide bonds. The first kappa shape index (κ1) is 28.2. The van der Waals surface area contributed by atoms with E-state index in [-0.39, 0.29) is 12.3 Å². The molecule has 1 aromatic heterocycles. The number of alkyl halides is 3. The summed E-state index contributed by atoms with van der Waals surface area (Å²) in [5.74, 6) is -1.23. The minimum absolute atomic E-state index is 0.266. The van der Waals surface area contributed by atoms with Crippen LogP contribution in [0.3, 0.4) is 0 Å². The first-order chi connectivity index (χ1) is 18.6. The summed E-state index contributed by atoms with van der Waals surface area (Å²) in [4.78, 5) is 23.7. The predicted octanol–water partition coefficient (Wildman–Crippen LogP) is 4.81. The van der Waals surface area contributed by atoms with Gasteiger partial charge < -0.3 is 19.9 Å². The third kappa shape index (κ3) is 7.60. The Morgan fingerprint density at radius 2 is 1.74 bits per heavy atom. The SMILES string of the molecule is COC(=O)[C@@H](O)CNC(=O)c1ccc(Cn2nc(-c3ccc(OC(F)(F)F)cc3)cc2C2CCCCC2)cc1. The third-order valence-electron chi connectivity index (χ3n) is 6.70. The number of aliphatic hydroxyl groups is 1. The van der Waals surface area contributed by atoms with Gasteiger partial charge >= 0.3 is 12.3 Å². The van der Waals surface area contributed by atoms with Gasteiger partial charge in [0.25, 0.3) is 5.91 Å². The molecule has 0 spiro atoms. The molecule has 2 aromatic carbocycles. The molecule has 1 aliphatic rings. The largest absolute Gasteiger partial charge is 0.573 e. The normalized spacial score (nSPS) is 15.0. The van der Waals surface area contributed by atoms with E-state index in [1.807, 2.05) is 10.7 Å². The van der Waals surface area contributed by atoms with Crippen molar-refractivity contribution in [3.05, 3.63) is 71.4 Å². The van der Waals surface area contributed by atoms with Gasteiger partial charge in [-0.3, -0.25) is 9.48 Å². The van der Waals surface area contributed by atoms with Crippen LogP contribution in [0.2, 0.25) is 0 Å². The number of nitrogens with one attached hydrogen (secondary N) is 1. The molecule has 1 aliphatic carbocycles. The van der Waals surface area contributed by atoms with E-state index in [1.165, 1.54) is 18.6 Å². The fourth-order valence-electron chi connectivity index (χ4n) is 4.70. The second-order valence-electron chi connectivity index (χ2n) is 9.47. The summed E-state index contributed by atoms with van der Waals surface area (Å²) in [6.07, 6.45) is -0.665. The van der Waals surface area contributed by atoms with E-state index in [1.54, 1.807) is 36.4 Å². The lowest BCUT2D eigenvalue weighted by Gasteiger charge is -2.22. The number of rotatable bonds is 9. The zero-order valence-corrected chi connectivity index (χ0v) is 21.4. The molecule has 39 heavy (non-hydrogen) atoms. The molecule has 1 fully saturated rings. The van der Waals surface area contributed by atoms with Crippen LogP contribution < -0.4 is 10.1 Å². The highest BCUT2D eigenvalue weighted by molar-refractivity contribution is 5.94. The zero-order valence-electron chi connectivity index (χ0n) is 21.4. The van der Waals surface area contributed by atoms with Crippen molar-refractivity contribution < 1.29 is 37.3 Å². The molecule has 1 heterocycles. The summed E-state index contributed by atoms with van der Waals surface area (Å²) >= 11 is 0. The number of aromatic nitrogens is 2. The second kappa shape index (κ2) is 12.3. The molecule has 0 unspecified atom stereocenters. The Hall–Kier alpha value is -3.86. The highest BCUT2D eigenvalue weighted by Crippen LogP contribution is 2.35. The first-order valence-electron chi connectivity index (χ1n) is 12.7. The number of halogens is 3. The maximum Gasteiger partial charge on any atom is 0.573 e. The molecule has 0 bridgehead atoms. The summed E-state index contributed by atoms with van der Waals surface area (Å²) in [5.41, 5.74) is 3.68. The van der Waals surface area contributed by atoms with Crippen LogP contribution in [0, 0.1) is 0 Å². The number of methoxy groups -OCH3 is 1. The number of carbonyl (C=O) groups is 2. The number of ether oxygens (including phenoxy) is 2. The number of benzene rings is 2. The Morgan fingerprint density at radius 3 is 2.36 bits per heavy atom. The van der Waals surface area contributed by atoms with Gasteiger partial charge in [-0.2, -0.15) is 5.10 Å².